The van der Waals surface area contributed by atoms with E-state index in [-0.39, 0.29) is 27.9 Å². The number of rotatable bonds is 7. The first-order valence-electron chi connectivity index (χ1n) is 9.16. The Morgan fingerprint density at radius 3 is 2.53 bits per heavy atom. The van der Waals surface area contributed by atoms with E-state index in [1.165, 1.54) is 11.3 Å². The minimum Gasteiger partial charge on any atom is -0.365 e. The molecule has 2 heterocycles. The summed E-state index contributed by atoms with van der Waals surface area (Å²) in [6.07, 6.45) is 1.65. The molecule has 2 aromatic rings. The van der Waals surface area contributed by atoms with Crippen LogP contribution < -0.4 is 11.1 Å². The third-order valence-electron chi connectivity index (χ3n) is 4.67. The molecule has 0 unspecified atom stereocenters. The number of nitrogens with one attached hydrogen (secondary N) is 1. The smallest absolute Gasteiger partial charge is 0.251 e. The number of nitrogens with zero attached hydrogens (tertiary/aromatic N) is 1. The Bertz CT molecular complexity index is 1040. The van der Waals surface area contributed by atoms with Gasteiger partial charge in [-0.1, -0.05) is 6.92 Å². The van der Waals surface area contributed by atoms with E-state index in [0.29, 0.717) is 13.0 Å². The van der Waals surface area contributed by atoms with Crippen LogP contribution in [0.1, 0.15) is 34.1 Å². The van der Waals surface area contributed by atoms with Gasteiger partial charge < -0.3 is 11.1 Å². The number of hydrogen-bond acceptors (Lipinski definition) is 6. The zero-order valence-corrected chi connectivity index (χ0v) is 18.8. The molecule has 3 N–H and O–H groups in total. The van der Waals surface area contributed by atoms with Crippen molar-refractivity contribution in [1.29, 1.82) is 0 Å². The van der Waals surface area contributed by atoms with Crippen LogP contribution in [0.15, 0.2) is 29.2 Å². The first-order valence-corrected chi connectivity index (χ1v) is 11.6. The Kier molecular flexibility index (Phi) is 7.98. The van der Waals surface area contributed by atoms with Gasteiger partial charge in [0.25, 0.3) is 5.91 Å². The number of benzene rings is 1. The van der Waals surface area contributed by atoms with Crippen LogP contribution in [0.3, 0.4) is 0 Å². The highest BCUT2D eigenvalue weighted by molar-refractivity contribution is 7.92. The number of halogens is 2. The molecular formula is C19H23ClFN3O4S2. The minimum atomic E-state index is -3.95. The number of fused-ring (bicyclic) bond motifs is 1. The van der Waals surface area contributed by atoms with Crippen LogP contribution in [0.4, 0.5) is 9.39 Å². The zero-order valence-electron chi connectivity index (χ0n) is 16.3. The predicted octanol–water partition coefficient (Wildman–Crippen LogP) is 2.59. The SMILES string of the molecule is CCCN1CCc2c(sc(NC(=O)CS(=O)(=O)c3ccc(F)cc3)c2C(N)=O)C1.Cl. The van der Waals surface area contributed by atoms with Gasteiger partial charge in [0.15, 0.2) is 9.84 Å². The molecule has 0 saturated heterocycles. The van der Waals surface area contributed by atoms with Crippen LogP contribution in [0.5, 0.6) is 0 Å². The molecule has 0 bridgehead atoms. The lowest BCUT2D eigenvalue weighted by molar-refractivity contribution is -0.113. The van der Waals surface area contributed by atoms with E-state index in [1.807, 2.05) is 0 Å². The Hall–Kier alpha value is -2.01. The summed E-state index contributed by atoms with van der Waals surface area (Å²) in [5.74, 6) is -2.81. The van der Waals surface area contributed by atoms with Gasteiger partial charge in [-0.15, -0.1) is 23.7 Å². The van der Waals surface area contributed by atoms with Crippen LogP contribution in [0.25, 0.3) is 0 Å². The summed E-state index contributed by atoms with van der Waals surface area (Å²) in [5, 5.41) is 2.82. The molecule has 0 radical (unpaired) electrons. The number of hydrogen-bond donors (Lipinski definition) is 2. The normalized spacial score (nSPS) is 13.9. The maximum absolute atomic E-state index is 13.0. The topological polar surface area (TPSA) is 110 Å². The molecule has 0 aliphatic carbocycles. The Morgan fingerprint density at radius 1 is 1.27 bits per heavy atom. The molecule has 11 heteroatoms. The summed E-state index contributed by atoms with van der Waals surface area (Å²) < 4.78 is 37.8. The second kappa shape index (κ2) is 9.86. The molecular weight excluding hydrogens is 453 g/mol. The maximum Gasteiger partial charge on any atom is 0.251 e. The summed E-state index contributed by atoms with van der Waals surface area (Å²) in [6, 6.07) is 4.26. The summed E-state index contributed by atoms with van der Waals surface area (Å²) >= 11 is 1.25. The molecule has 0 fully saturated rings. The lowest BCUT2D eigenvalue weighted by atomic mass is 10.0. The number of anilines is 1. The lowest BCUT2D eigenvalue weighted by Gasteiger charge is -2.26. The van der Waals surface area contributed by atoms with Crippen molar-refractivity contribution in [2.45, 2.75) is 31.2 Å². The number of carbonyl (C=O) groups excluding carboxylic acids is 2. The van der Waals surface area contributed by atoms with Crippen molar-refractivity contribution in [1.82, 2.24) is 4.90 Å². The van der Waals surface area contributed by atoms with Crippen molar-refractivity contribution in [2.24, 2.45) is 5.73 Å². The van der Waals surface area contributed by atoms with E-state index < -0.39 is 33.2 Å². The highest BCUT2D eigenvalue weighted by Gasteiger charge is 2.28. The zero-order chi connectivity index (χ0) is 21.2. The van der Waals surface area contributed by atoms with Gasteiger partial charge in [-0.25, -0.2) is 12.8 Å². The third-order valence-corrected chi connectivity index (χ3v) is 7.43. The molecule has 164 valence electrons. The number of sulfone groups is 1. The molecule has 1 aromatic carbocycles. The highest BCUT2D eigenvalue weighted by Crippen LogP contribution is 2.37. The second-order valence-electron chi connectivity index (χ2n) is 6.86. The second-order valence-corrected chi connectivity index (χ2v) is 9.95. The Morgan fingerprint density at radius 2 is 1.93 bits per heavy atom. The molecule has 2 amide bonds. The van der Waals surface area contributed by atoms with E-state index in [1.54, 1.807) is 0 Å². The summed E-state index contributed by atoms with van der Waals surface area (Å²) in [4.78, 5) is 27.5. The van der Waals surface area contributed by atoms with Gasteiger partial charge in [0, 0.05) is 18.0 Å². The molecule has 3 rings (SSSR count). The summed E-state index contributed by atoms with van der Waals surface area (Å²) in [5.41, 5.74) is 6.62. The van der Waals surface area contributed by atoms with Gasteiger partial charge in [0.1, 0.15) is 16.6 Å². The van der Waals surface area contributed by atoms with E-state index in [0.717, 1.165) is 54.2 Å². The molecule has 1 aliphatic heterocycles. The van der Waals surface area contributed by atoms with Gasteiger partial charge in [-0.3, -0.25) is 14.5 Å². The first kappa shape index (κ1) is 24.3. The van der Waals surface area contributed by atoms with Crippen molar-refractivity contribution in [2.75, 3.05) is 24.2 Å². The standard InChI is InChI=1S/C19H22FN3O4S2.ClH/c1-2-8-23-9-7-14-15(10-23)28-19(17(14)18(21)25)22-16(24)11-29(26,27)13-5-3-12(20)4-6-13;/h3-6H,2,7-11H2,1H3,(H2,21,25)(H,22,24);1H. The molecule has 30 heavy (non-hydrogen) atoms. The van der Waals surface area contributed by atoms with Crippen LogP contribution in [0, 0.1) is 5.82 Å². The van der Waals surface area contributed by atoms with Gasteiger partial charge in [0.2, 0.25) is 5.91 Å². The molecule has 0 spiro atoms. The molecule has 7 nitrogen and oxygen atoms in total. The number of nitrogens with two attached hydrogens (primary N) is 1. The Balaban J connectivity index is 0.00000320. The lowest BCUT2D eigenvalue weighted by Crippen LogP contribution is -2.31. The van der Waals surface area contributed by atoms with Gasteiger partial charge in [-0.2, -0.15) is 0 Å². The fraction of sp³-hybridized carbons (Fsp3) is 0.368. The van der Waals surface area contributed by atoms with Crippen LogP contribution >= 0.6 is 23.7 Å². The Labute approximate surface area is 184 Å². The van der Waals surface area contributed by atoms with Crippen LogP contribution in [-0.4, -0.2) is 44.0 Å². The fourth-order valence-corrected chi connectivity index (χ4v) is 5.82. The third kappa shape index (κ3) is 5.37. The molecule has 1 aromatic heterocycles. The predicted molar refractivity (Wildman–Crippen MR) is 116 cm³/mol. The van der Waals surface area contributed by atoms with Crippen molar-refractivity contribution in [3.05, 3.63) is 46.1 Å². The number of thiophene rings is 1. The van der Waals surface area contributed by atoms with Crippen molar-refractivity contribution >= 4 is 50.4 Å². The average molecular weight is 476 g/mol. The first-order chi connectivity index (χ1) is 13.7. The quantitative estimate of drug-likeness (QED) is 0.598. The molecule has 1 aliphatic rings. The number of carbonyl (C=O) groups is 2. The van der Waals surface area contributed by atoms with Crippen molar-refractivity contribution in [3.63, 3.8) is 0 Å². The largest absolute Gasteiger partial charge is 0.365 e. The molecule has 0 atom stereocenters. The van der Waals surface area contributed by atoms with E-state index >= 15 is 0 Å². The fourth-order valence-electron chi connectivity index (χ4n) is 3.37. The van der Waals surface area contributed by atoms with Crippen molar-refractivity contribution in [3.8, 4) is 0 Å². The number of amides is 2. The minimum absolute atomic E-state index is 0. The van der Waals surface area contributed by atoms with E-state index in [2.05, 4.69) is 17.1 Å². The van der Waals surface area contributed by atoms with Crippen molar-refractivity contribution < 1.29 is 22.4 Å². The van der Waals surface area contributed by atoms with Gasteiger partial charge >= 0.3 is 0 Å². The number of primary amides is 1. The summed E-state index contributed by atoms with van der Waals surface area (Å²) in [6.45, 7) is 4.48. The highest BCUT2D eigenvalue weighted by atomic mass is 35.5. The maximum atomic E-state index is 13.0. The van der Waals surface area contributed by atoms with Crippen LogP contribution in [0.2, 0.25) is 0 Å². The van der Waals surface area contributed by atoms with Gasteiger partial charge in [0.05, 0.1) is 10.5 Å². The van der Waals surface area contributed by atoms with E-state index in [9.17, 15) is 22.4 Å². The van der Waals surface area contributed by atoms with Gasteiger partial charge in [-0.05, 0) is 49.2 Å². The monoisotopic (exact) mass is 475 g/mol. The average Bonchev–Trinajstić information content (AvgIpc) is 2.98. The van der Waals surface area contributed by atoms with Crippen LogP contribution in [-0.2, 0) is 27.6 Å². The molecule has 0 saturated carbocycles. The summed E-state index contributed by atoms with van der Waals surface area (Å²) in [7, 11) is -3.95. The van der Waals surface area contributed by atoms with E-state index in [4.69, 9.17) is 5.73 Å².